The van der Waals surface area contributed by atoms with Crippen molar-refractivity contribution in [3.8, 4) is 5.75 Å². The molecule has 0 fully saturated rings. The van der Waals surface area contributed by atoms with Gasteiger partial charge in [0.1, 0.15) is 11.4 Å². The van der Waals surface area contributed by atoms with E-state index in [1.54, 1.807) is 0 Å². The fourth-order valence-electron chi connectivity index (χ4n) is 2.38. The van der Waals surface area contributed by atoms with E-state index in [9.17, 15) is 0 Å². The maximum atomic E-state index is 6.14. The molecule has 1 N–H and O–H groups in total. The number of ether oxygens (including phenoxy) is 1. The van der Waals surface area contributed by atoms with Gasteiger partial charge in [-0.2, -0.15) is 0 Å². The van der Waals surface area contributed by atoms with Gasteiger partial charge in [-0.25, -0.2) is 0 Å². The highest BCUT2D eigenvalue weighted by molar-refractivity contribution is 9.10. The molecule has 0 aromatic heterocycles. The van der Waals surface area contributed by atoms with Crippen LogP contribution in [0.15, 0.2) is 22.7 Å². The Morgan fingerprint density at radius 2 is 2.24 bits per heavy atom. The number of nitrogens with one attached hydrogen (secondary N) is 1. The highest BCUT2D eigenvalue weighted by Gasteiger charge is 2.35. The van der Waals surface area contributed by atoms with Gasteiger partial charge in [-0.15, -0.1) is 0 Å². The predicted molar refractivity (Wildman–Crippen MR) is 74.5 cm³/mol. The smallest absolute Gasteiger partial charge is 0.124 e. The van der Waals surface area contributed by atoms with Crippen molar-refractivity contribution in [3.63, 3.8) is 0 Å². The molecule has 1 heterocycles. The summed E-state index contributed by atoms with van der Waals surface area (Å²) in [5, 5.41) is 3.56. The fraction of sp³-hybridized carbons (Fsp3) is 0.571. The van der Waals surface area contributed by atoms with Crippen molar-refractivity contribution in [2.24, 2.45) is 0 Å². The van der Waals surface area contributed by atoms with Crippen molar-refractivity contribution in [1.82, 2.24) is 5.32 Å². The Bertz CT molecular complexity index is 407. The van der Waals surface area contributed by atoms with Crippen LogP contribution in [0.5, 0.6) is 5.75 Å². The summed E-state index contributed by atoms with van der Waals surface area (Å²) in [7, 11) is 0. The van der Waals surface area contributed by atoms with Crippen molar-refractivity contribution in [1.29, 1.82) is 0 Å². The SMILES string of the molecule is CCNC1CC(C)(CC)Oc2ccc(Br)cc21. The molecule has 0 saturated heterocycles. The zero-order valence-electron chi connectivity index (χ0n) is 10.7. The topological polar surface area (TPSA) is 21.3 Å². The summed E-state index contributed by atoms with van der Waals surface area (Å²) in [6.45, 7) is 7.52. The predicted octanol–water partition coefficient (Wildman–Crippen LogP) is 4.05. The van der Waals surface area contributed by atoms with Crippen molar-refractivity contribution in [3.05, 3.63) is 28.2 Å². The second-order valence-corrected chi connectivity index (χ2v) is 5.82. The summed E-state index contributed by atoms with van der Waals surface area (Å²) in [5.41, 5.74) is 1.22. The van der Waals surface area contributed by atoms with Crippen LogP contribution in [0, 0.1) is 0 Å². The molecule has 2 nitrogen and oxygen atoms in total. The van der Waals surface area contributed by atoms with Gasteiger partial charge in [-0.05, 0) is 38.1 Å². The van der Waals surface area contributed by atoms with E-state index in [0.717, 1.165) is 29.6 Å². The molecule has 17 heavy (non-hydrogen) atoms. The molecule has 1 aliphatic heterocycles. The van der Waals surface area contributed by atoms with E-state index in [1.165, 1.54) is 5.56 Å². The van der Waals surface area contributed by atoms with Crippen LogP contribution in [0.3, 0.4) is 0 Å². The molecule has 0 bridgehead atoms. The molecule has 0 spiro atoms. The molecule has 2 atom stereocenters. The van der Waals surface area contributed by atoms with Gasteiger partial charge >= 0.3 is 0 Å². The Kier molecular flexibility index (Phi) is 3.79. The highest BCUT2D eigenvalue weighted by Crippen LogP contribution is 2.41. The number of benzene rings is 1. The monoisotopic (exact) mass is 297 g/mol. The van der Waals surface area contributed by atoms with Crippen LogP contribution >= 0.6 is 15.9 Å². The first-order valence-corrected chi connectivity index (χ1v) is 7.09. The Balaban J connectivity index is 2.38. The zero-order chi connectivity index (χ0) is 12.5. The lowest BCUT2D eigenvalue weighted by Gasteiger charge is -2.40. The Hall–Kier alpha value is -0.540. The number of hydrogen-bond acceptors (Lipinski definition) is 2. The molecule has 2 unspecified atom stereocenters. The molecule has 1 aromatic rings. The van der Waals surface area contributed by atoms with Crippen LogP contribution in [0.2, 0.25) is 0 Å². The van der Waals surface area contributed by atoms with Gasteiger partial charge in [-0.3, -0.25) is 0 Å². The molecule has 3 heteroatoms. The maximum absolute atomic E-state index is 6.14. The Morgan fingerprint density at radius 1 is 1.47 bits per heavy atom. The zero-order valence-corrected chi connectivity index (χ0v) is 12.3. The van der Waals surface area contributed by atoms with E-state index < -0.39 is 0 Å². The Morgan fingerprint density at radius 3 is 2.88 bits per heavy atom. The quantitative estimate of drug-likeness (QED) is 0.909. The van der Waals surface area contributed by atoms with Crippen LogP contribution in [-0.2, 0) is 0 Å². The van der Waals surface area contributed by atoms with Crippen LogP contribution < -0.4 is 10.1 Å². The minimum Gasteiger partial charge on any atom is -0.487 e. The molecule has 0 amide bonds. The van der Waals surface area contributed by atoms with Crippen molar-refractivity contribution in [2.75, 3.05) is 6.54 Å². The lowest BCUT2D eigenvalue weighted by Crippen LogP contribution is -2.41. The van der Waals surface area contributed by atoms with Crippen LogP contribution in [0.1, 0.15) is 45.2 Å². The van der Waals surface area contributed by atoms with Crippen molar-refractivity contribution >= 4 is 15.9 Å². The first-order valence-electron chi connectivity index (χ1n) is 6.30. The van der Waals surface area contributed by atoms with E-state index >= 15 is 0 Å². The van der Waals surface area contributed by atoms with E-state index in [-0.39, 0.29) is 5.60 Å². The van der Waals surface area contributed by atoms with Gasteiger partial charge in [-0.1, -0.05) is 29.8 Å². The van der Waals surface area contributed by atoms with Gasteiger partial charge in [0, 0.05) is 22.5 Å². The average Bonchev–Trinajstić information content (AvgIpc) is 2.31. The molecular weight excluding hydrogens is 278 g/mol. The summed E-state index contributed by atoms with van der Waals surface area (Å²) in [6, 6.07) is 6.67. The Labute approximate surface area is 112 Å². The van der Waals surface area contributed by atoms with Crippen LogP contribution in [0.4, 0.5) is 0 Å². The van der Waals surface area contributed by atoms with Crippen molar-refractivity contribution < 1.29 is 4.74 Å². The average molecular weight is 298 g/mol. The third-order valence-corrected chi connectivity index (χ3v) is 4.03. The van der Waals surface area contributed by atoms with Gasteiger partial charge < -0.3 is 10.1 Å². The largest absolute Gasteiger partial charge is 0.487 e. The molecule has 0 saturated carbocycles. The second kappa shape index (κ2) is 4.99. The first-order chi connectivity index (χ1) is 8.08. The summed E-state index contributed by atoms with van der Waals surface area (Å²) < 4.78 is 7.25. The molecule has 0 aliphatic carbocycles. The summed E-state index contributed by atoms with van der Waals surface area (Å²) in [5.74, 6) is 1.02. The van der Waals surface area contributed by atoms with Crippen molar-refractivity contribution in [2.45, 2.75) is 45.3 Å². The molecule has 1 aromatic carbocycles. The van der Waals surface area contributed by atoms with E-state index in [1.807, 2.05) is 6.07 Å². The van der Waals surface area contributed by atoms with E-state index in [2.05, 4.69) is 54.2 Å². The van der Waals surface area contributed by atoms with Crippen LogP contribution in [0.25, 0.3) is 0 Å². The number of rotatable bonds is 3. The summed E-state index contributed by atoms with van der Waals surface area (Å²) in [6.07, 6.45) is 2.06. The molecule has 1 aliphatic rings. The lowest BCUT2D eigenvalue weighted by atomic mass is 9.87. The lowest BCUT2D eigenvalue weighted by molar-refractivity contribution is 0.0445. The third-order valence-electron chi connectivity index (χ3n) is 3.54. The third kappa shape index (κ3) is 2.66. The van der Waals surface area contributed by atoms with Gasteiger partial charge in [0.25, 0.3) is 0 Å². The molecule has 2 rings (SSSR count). The number of fused-ring (bicyclic) bond motifs is 1. The second-order valence-electron chi connectivity index (χ2n) is 4.90. The van der Waals surface area contributed by atoms with E-state index in [4.69, 9.17) is 4.74 Å². The standard InChI is InChI=1S/C14H20BrNO/c1-4-14(3)9-12(16-5-2)11-8-10(15)6-7-13(11)17-14/h6-8,12,16H,4-5,9H2,1-3H3. The fourth-order valence-corrected chi connectivity index (χ4v) is 2.76. The number of halogens is 1. The summed E-state index contributed by atoms with van der Waals surface area (Å²) >= 11 is 3.53. The highest BCUT2D eigenvalue weighted by atomic mass is 79.9. The molecule has 0 radical (unpaired) electrons. The minimum atomic E-state index is -0.0480. The minimum absolute atomic E-state index is 0.0480. The summed E-state index contributed by atoms with van der Waals surface area (Å²) in [4.78, 5) is 0. The molecule has 94 valence electrons. The number of hydrogen-bond donors (Lipinski definition) is 1. The van der Waals surface area contributed by atoms with Gasteiger partial charge in [0.05, 0.1) is 0 Å². The maximum Gasteiger partial charge on any atom is 0.124 e. The molecular formula is C14H20BrNO. The normalized spacial score (nSPS) is 27.4. The van der Waals surface area contributed by atoms with Gasteiger partial charge in [0.2, 0.25) is 0 Å². The van der Waals surface area contributed by atoms with Gasteiger partial charge in [0.15, 0.2) is 0 Å². The van der Waals surface area contributed by atoms with E-state index in [0.29, 0.717) is 6.04 Å². The van der Waals surface area contributed by atoms with Crippen LogP contribution in [-0.4, -0.2) is 12.1 Å². The first kappa shape index (κ1) is 12.9.